The summed E-state index contributed by atoms with van der Waals surface area (Å²) < 4.78 is 5.43. The van der Waals surface area contributed by atoms with E-state index >= 15 is 0 Å². The molecule has 148 valence electrons. The second kappa shape index (κ2) is 7.41. The zero-order valence-corrected chi connectivity index (χ0v) is 16.4. The first-order valence-electron chi connectivity index (χ1n) is 8.97. The third-order valence-corrected chi connectivity index (χ3v) is 4.25. The van der Waals surface area contributed by atoms with Crippen LogP contribution in [0.5, 0.6) is 0 Å². The largest absolute Gasteiger partial charge is 0.444 e. The quantitative estimate of drug-likeness (QED) is 0.633. The van der Waals surface area contributed by atoms with E-state index in [9.17, 15) is 14.9 Å². The molecule has 2 aromatic rings. The van der Waals surface area contributed by atoms with Gasteiger partial charge < -0.3 is 15.0 Å². The zero-order chi connectivity index (χ0) is 20.5. The summed E-state index contributed by atoms with van der Waals surface area (Å²) in [5, 5.41) is 14.0. The lowest BCUT2D eigenvalue weighted by Crippen LogP contribution is -2.40. The Kier molecular flexibility index (Phi) is 5.17. The highest BCUT2D eigenvalue weighted by molar-refractivity contribution is 5.68. The van der Waals surface area contributed by atoms with Crippen LogP contribution in [0.3, 0.4) is 0 Å². The standard InChI is InChI=1S/C19H23N5O4/c1-12-9-14(5-6-16(12)24(26)27)21-17-20-10-13-7-8-23(11-15(13)22-17)18(25)28-19(2,3)4/h5-6,9-10H,7-8,11H2,1-4H3,(H,20,21,22). The van der Waals surface area contributed by atoms with Crippen LogP contribution in [-0.4, -0.2) is 38.0 Å². The molecule has 2 heterocycles. The van der Waals surface area contributed by atoms with Gasteiger partial charge >= 0.3 is 6.09 Å². The third kappa shape index (κ3) is 4.54. The molecular weight excluding hydrogens is 362 g/mol. The smallest absolute Gasteiger partial charge is 0.410 e. The van der Waals surface area contributed by atoms with Gasteiger partial charge in [-0.25, -0.2) is 14.8 Å². The van der Waals surface area contributed by atoms with Crippen LogP contribution in [0.15, 0.2) is 24.4 Å². The maximum atomic E-state index is 12.3. The number of benzene rings is 1. The molecule has 3 rings (SSSR count). The molecule has 1 N–H and O–H groups in total. The SMILES string of the molecule is Cc1cc(Nc2ncc3c(n2)CN(C(=O)OC(C)(C)C)CC3)ccc1[N+](=O)[O-]. The first-order chi connectivity index (χ1) is 13.1. The second-order valence-electron chi connectivity index (χ2n) is 7.70. The number of ether oxygens (including phenoxy) is 1. The molecule has 0 saturated carbocycles. The van der Waals surface area contributed by atoms with Gasteiger partial charge in [0.05, 0.1) is 17.2 Å². The van der Waals surface area contributed by atoms with Crippen LogP contribution >= 0.6 is 0 Å². The van der Waals surface area contributed by atoms with Gasteiger partial charge in [-0.2, -0.15) is 0 Å². The van der Waals surface area contributed by atoms with Gasteiger partial charge in [-0.3, -0.25) is 10.1 Å². The summed E-state index contributed by atoms with van der Waals surface area (Å²) in [5.41, 5.74) is 2.46. The van der Waals surface area contributed by atoms with Crippen molar-refractivity contribution in [2.75, 3.05) is 11.9 Å². The Morgan fingerprint density at radius 1 is 1.36 bits per heavy atom. The molecule has 0 radical (unpaired) electrons. The molecule has 9 nitrogen and oxygen atoms in total. The predicted octanol–water partition coefficient (Wildman–Crippen LogP) is 3.73. The number of hydrogen-bond donors (Lipinski definition) is 1. The number of carbonyl (C=O) groups excluding carboxylic acids is 1. The number of hydrogen-bond acceptors (Lipinski definition) is 7. The number of aryl methyl sites for hydroxylation is 1. The maximum Gasteiger partial charge on any atom is 0.410 e. The van der Waals surface area contributed by atoms with Gasteiger partial charge in [0.1, 0.15) is 5.60 Å². The Morgan fingerprint density at radius 2 is 2.11 bits per heavy atom. The molecule has 0 spiro atoms. The molecule has 0 unspecified atom stereocenters. The van der Waals surface area contributed by atoms with Crippen LogP contribution < -0.4 is 5.32 Å². The molecule has 0 aliphatic carbocycles. The van der Waals surface area contributed by atoms with E-state index in [1.54, 1.807) is 30.2 Å². The number of carbonyl (C=O) groups is 1. The summed E-state index contributed by atoms with van der Waals surface area (Å²) in [7, 11) is 0. The van der Waals surface area contributed by atoms with Crippen molar-refractivity contribution in [1.82, 2.24) is 14.9 Å². The van der Waals surface area contributed by atoms with E-state index in [0.29, 0.717) is 36.7 Å². The van der Waals surface area contributed by atoms with E-state index in [0.717, 1.165) is 11.3 Å². The van der Waals surface area contributed by atoms with E-state index < -0.39 is 10.5 Å². The number of nitro benzene ring substituents is 1. The number of nitro groups is 1. The van der Waals surface area contributed by atoms with Crippen LogP contribution in [-0.2, 0) is 17.7 Å². The van der Waals surface area contributed by atoms with Crippen molar-refractivity contribution >= 4 is 23.4 Å². The van der Waals surface area contributed by atoms with Crippen LogP contribution in [0, 0.1) is 17.0 Å². The average molecular weight is 385 g/mol. The molecule has 0 fully saturated rings. The zero-order valence-electron chi connectivity index (χ0n) is 16.4. The van der Waals surface area contributed by atoms with E-state index in [1.807, 2.05) is 20.8 Å². The fraction of sp³-hybridized carbons (Fsp3) is 0.421. The van der Waals surface area contributed by atoms with Gasteiger partial charge in [0, 0.05) is 30.1 Å². The van der Waals surface area contributed by atoms with Gasteiger partial charge in [-0.1, -0.05) is 0 Å². The van der Waals surface area contributed by atoms with E-state index in [-0.39, 0.29) is 11.8 Å². The topological polar surface area (TPSA) is 110 Å². The van der Waals surface area contributed by atoms with Gasteiger partial charge in [0.2, 0.25) is 5.95 Å². The summed E-state index contributed by atoms with van der Waals surface area (Å²) in [6.07, 6.45) is 2.04. The fourth-order valence-corrected chi connectivity index (χ4v) is 2.91. The minimum atomic E-state index is -0.552. The number of fused-ring (bicyclic) bond motifs is 1. The second-order valence-corrected chi connectivity index (χ2v) is 7.70. The molecule has 1 aliphatic rings. The lowest BCUT2D eigenvalue weighted by molar-refractivity contribution is -0.385. The van der Waals surface area contributed by atoms with Crippen molar-refractivity contribution in [3.8, 4) is 0 Å². The minimum Gasteiger partial charge on any atom is -0.444 e. The number of anilines is 2. The summed E-state index contributed by atoms with van der Waals surface area (Å²) in [5.74, 6) is 0.373. The Balaban J connectivity index is 1.75. The van der Waals surface area contributed by atoms with Crippen molar-refractivity contribution < 1.29 is 14.5 Å². The van der Waals surface area contributed by atoms with E-state index in [4.69, 9.17) is 4.74 Å². The molecule has 1 aliphatic heterocycles. The minimum absolute atomic E-state index is 0.0601. The van der Waals surface area contributed by atoms with Crippen LogP contribution in [0.4, 0.5) is 22.1 Å². The summed E-state index contributed by atoms with van der Waals surface area (Å²) in [6, 6.07) is 4.73. The predicted molar refractivity (Wildman–Crippen MR) is 103 cm³/mol. The average Bonchev–Trinajstić information content (AvgIpc) is 2.59. The molecular formula is C19H23N5O4. The van der Waals surface area contributed by atoms with Crippen LogP contribution in [0.2, 0.25) is 0 Å². The number of aromatic nitrogens is 2. The van der Waals surface area contributed by atoms with E-state index in [1.165, 1.54) is 6.07 Å². The third-order valence-electron chi connectivity index (χ3n) is 4.25. The lowest BCUT2D eigenvalue weighted by atomic mass is 10.1. The Hall–Kier alpha value is -3.23. The van der Waals surface area contributed by atoms with Crippen LogP contribution in [0.1, 0.15) is 37.6 Å². The van der Waals surface area contributed by atoms with Gasteiger partial charge in [0.25, 0.3) is 5.69 Å². The van der Waals surface area contributed by atoms with Crippen LogP contribution in [0.25, 0.3) is 0 Å². The van der Waals surface area contributed by atoms with E-state index in [2.05, 4.69) is 15.3 Å². The van der Waals surface area contributed by atoms with Crippen molar-refractivity contribution in [1.29, 1.82) is 0 Å². The number of amides is 1. The van der Waals surface area contributed by atoms with Crippen molar-refractivity contribution in [3.63, 3.8) is 0 Å². The molecule has 9 heteroatoms. The molecule has 0 bridgehead atoms. The van der Waals surface area contributed by atoms with Crippen molar-refractivity contribution in [3.05, 3.63) is 51.3 Å². The maximum absolute atomic E-state index is 12.3. The Labute approximate surface area is 162 Å². The normalized spacial score (nSPS) is 13.6. The highest BCUT2D eigenvalue weighted by atomic mass is 16.6. The molecule has 0 atom stereocenters. The number of nitrogens with zero attached hydrogens (tertiary/aromatic N) is 4. The fourth-order valence-electron chi connectivity index (χ4n) is 2.91. The highest BCUT2D eigenvalue weighted by Crippen LogP contribution is 2.25. The molecule has 0 saturated heterocycles. The lowest BCUT2D eigenvalue weighted by Gasteiger charge is -2.30. The highest BCUT2D eigenvalue weighted by Gasteiger charge is 2.26. The first kappa shape index (κ1) is 19.5. The Bertz CT molecular complexity index is 923. The molecule has 1 amide bonds. The Morgan fingerprint density at radius 3 is 2.75 bits per heavy atom. The van der Waals surface area contributed by atoms with Gasteiger partial charge in [-0.05, 0) is 51.8 Å². The van der Waals surface area contributed by atoms with Gasteiger partial charge in [0.15, 0.2) is 0 Å². The number of nitrogens with one attached hydrogen (secondary N) is 1. The summed E-state index contributed by atoms with van der Waals surface area (Å²) in [4.78, 5) is 33.3. The number of rotatable bonds is 3. The summed E-state index contributed by atoms with van der Waals surface area (Å²) >= 11 is 0. The monoisotopic (exact) mass is 385 g/mol. The van der Waals surface area contributed by atoms with Gasteiger partial charge in [-0.15, -0.1) is 0 Å². The van der Waals surface area contributed by atoms with Crippen molar-refractivity contribution in [2.45, 2.75) is 46.3 Å². The molecule has 28 heavy (non-hydrogen) atoms. The summed E-state index contributed by atoms with van der Waals surface area (Å²) in [6.45, 7) is 8.08. The first-order valence-corrected chi connectivity index (χ1v) is 8.97. The molecule has 1 aromatic carbocycles. The molecule has 1 aromatic heterocycles. The van der Waals surface area contributed by atoms with Crippen molar-refractivity contribution in [2.24, 2.45) is 0 Å².